The fourth-order valence-corrected chi connectivity index (χ4v) is 4.89. The molecule has 1 fully saturated rings. The average molecular weight is 434 g/mol. The number of aryl methyl sites for hydroxylation is 2. The van der Waals surface area contributed by atoms with Gasteiger partial charge in [-0.05, 0) is 56.5 Å². The second kappa shape index (κ2) is 8.84. The van der Waals surface area contributed by atoms with Gasteiger partial charge in [0, 0.05) is 23.5 Å². The highest BCUT2D eigenvalue weighted by Crippen LogP contribution is 2.40. The fraction of sp³-hybridized carbons (Fsp3) is 0.304. The molecule has 1 saturated heterocycles. The van der Waals surface area contributed by atoms with Crippen molar-refractivity contribution in [1.82, 2.24) is 14.9 Å². The number of nitrogens with one attached hydrogen (secondary N) is 1. The van der Waals surface area contributed by atoms with Crippen molar-refractivity contribution in [3.05, 3.63) is 53.3 Å². The van der Waals surface area contributed by atoms with E-state index in [0.29, 0.717) is 22.9 Å². The molecule has 4 rings (SSSR count). The molecule has 0 aliphatic carbocycles. The zero-order valence-corrected chi connectivity index (χ0v) is 18.2. The van der Waals surface area contributed by atoms with Gasteiger partial charge in [-0.2, -0.15) is 5.26 Å². The van der Waals surface area contributed by atoms with Crippen LogP contribution < -0.4 is 5.32 Å². The summed E-state index contributed by atoms with van der Waals surface area (Å²) in [5, 5.41) is 22.2. The number of carbonyl (C=O) groups excluding carboxylic acids is 1. The smallest absolute Gasteiger partial charge is 0.323 e. The van der Waals surface area contributed by atoms with Gasteiger partial charge in [-0.3, -0.25) is 10.3 Å². The van der Waals surface area contributed by atoms with E-state index in [0.717, 1.165) is 40.2 Å². The molecule has 0 radical (unpaired) electrons. The Morgan fingerprint density at radius 3 is 2.74 bits per heavy atom. The summed E-state index contributed by atoms with van der Waals surface area (Å²) in [6, 6.07) is 13.0. The van der Waals surface area contributed by atoms with Gasteiger partial charge in [-0.25, -0.2) is 9.78 Å². The number of amides is 2. The summed E-state index contributed by atoms with van der Waals surface area (Å²) in [6.07, 6.45) is 1.68. The van der Waals surface area contributed by atoms with Gasteiger partial charge in [-0.15, -0.1) is 0 Å². The number of aliphatic hydroxyl groups is 1. The number of benzene rings is 1. The van der Waals surface area contributed by atoms with Gasteiger partial charge >= 0.3 is 6.03 Å². The quantitative estimate of drug-likeness (QED) is 0.637. The lowest BCUT2D eigenvalue weighted by molar-refractivity contribution is 0.166. The number of anilines is 1. The molecule has 3 heterocycles. The normalized spacial score (nSPS) is 15.7. The van der Waals surface area contributed by atoms with Crippen LogP contribution in [0, 0.1) is 25.2 Å². The largest absolute Gasteiger partial charge is 0.394 e. The molecule has 1 aromatic carbocycles. The van der Waals surface area contributed by atoms with Crippen molar-refractivity contribution in [2.45, 2.75) is 32.7 Å². The first-order valence-electron chi connectivity index (χ1n) is 10.1. The van der Waals surface area contributed by atoms with Crippen LogP contribution in [-0.2, 0) is 0 Å². The summed E-state index contributed by atoms with van der Waals surface area (Å²) in [6.45, 7) is 4.46. The predicted octanol–water partition coefficient (Wildman–Crippen LogP) is 4.35. The average Bonchev–Trinajstić information content (AvgIpc) is 3.40. The van der Waals surface area contributed by atoms with Crippen molar-refractivity contribution in [3.8, 4) is 27.8 Å². The van der Waals surface area contributed by atoms with E-state index in [1.807, 2.05) is 38.1 Å². The molecule has 0 bridgehead atoms. The molecule has 2 aromatic heterocycles. The van der Waals surface area contributed by atoms with Crippen molar-refractivity contribution < 1.29 is 9.90 Å². The lowest BCUT2D eigenvalue weighted by atomic mass is 10.0. The van der Waals surface area contributed by atoms with Crippen LogP contribution in [0.3, 0.4) is 0 Å². The first-order chi connectivity index (χ1) is 15.0. The molecular formula is C23H23N5O2S. The van der Waals surface area contributed by atoms with Crippen LogP contribution >= 0.6 is 11.3 Å². The van der Waals surface area contributed by atoms with E-state index in [9.17, 15) is 15.2 Å². The maximum absolute atomic E-state index is 12.8. The Kier molecular flexibility index (Phi) is 5.98. The van der Waals surface area contributed by atoms with Gasteiger partial charge < -0.3 is 10.0 Å². The van der Waals surface area contributed by atoms with Gasteiger partial charge in [0.05, 0.1) is 34.9 Å². The van der Waals surface area contributed by atoms with Crippen LogP contribution in [0.15, 0.2) is 36.4 Å². The minimum Gasteiger partial charge on any atom is -0.394 e. The molecule has 3 aromatic rings. The maximum atomic E-state index is 12.8. The molecule has 1 atom stereocenters. The Morgan fingerprint density at radius 2 is 2.03 bits per heavy atom. The number of aliphatic hydroxyl groups excluding tert-OH is 1. The van der Waals surface area contributed by atoms with E-state index in [1.54, 1.807) is 17.0 Å². The lowest BCUT2D eigenvalue weighted by Crippen LogP contribution is -2.40. The summed E-state index contributed by atoms with van der Waals surface area (Å²) >= 11 is 1.39. The molecule has 2 N–H and O–H groups in total. The van der Waals surface area contributed by atoms with Crippen molar-refractivity contribution >= 4 is 22.5 Å². The first-order valence-corrected chi connectivity index (χ1v) is 11.0. The Hall–Kier alpha value is -3.28. The zero-order chi connectivity index (χ0) is 22.0. The molecule has 7 nitrogen and oxygen atoms in total. The minimum atomic E-state index is -0.253. The number of pyridine rings is 1. The second-order valence-corrected chi connectivity index (χ2v) is 8.63. The molecule has 158 valence electrons. The monoisotopic (exact) mass is 433 g/mol. The first kappa shape index (κ1) is 21.0. The second-order valence-electron chi connectivity index (χ2n) is 7.63. The number of aromatic nitrogens is 2. The predicted molar refractivity (Wildman–Crippen MR) is 121 cm³/mol. The van der Waals surface area contributed by atoms with Crippen molar-refractivity contribution in [1.29, 1.82) is 5.26 Å². The third-order valence-corrected chi connectivity index (χ3v) is 6.32. The molecule has 1 aliphatic rings. The Balaban J connectivity index is 1.75. The molecular weight excluding hydrogens is 410 g/mol. The van der Waals surface area contributed by atoms with Gasteiger partial charge in [0.2, 0.25) is 0 Å². The molecule has 8 heteroatoms. The van der Waals surface area contributed by atoms with Gasteiger partial charge in [-0.1, -0.05) is 23.5 Å². The maximum Gasteiger partial charge on any atom is 0.323 e. The van der Waals surface area contributed by atoms with E-state index < -0.39 is 0 Å². The highest BCUT2D eigenvalue weighted by Gasteiger charge is 2.29. The SMILES string of the molecule is Cc1cc(-c2sc(NC(=O)N3CCCC3CO)nc2-c2cccc(C#N)c2)cc(C)n1. The Labute approximate surface area is 185 Å². The van der Waals surface area contributed by atoms with E-state index >= 15 is 0 Å². The highest BCUT2D eigenvalue weighted by atomic mass is 32.1. The number of rotatable bonds is 4. The fourth-order valence-electron chi connectivity index (χ4n) is 3.92. The van der Waals surface area contributed by atoms with E-state index in [2.05, 4.69) is 16.4 Å². The van der Waals surface area contributed by atoms with Crippen LogP contribution in [0.4, 0.5) is 9.93 Å². The van der Waals surface area contributed by atoms with Crippen molar-refractivity contribution in [3.63, 3.8) is 0 Å². The van der Waals surface area contributed by atoms with Crippen LogP contribution in [0.2, 0.25) is 0 Å². The number of carbonyl (C=O) groups is 1. The molecule has 0 spiro atoms. The molecule has 2 amide bonds. The lowest BCUT2D eigenvalue weighted by Gasteiger charge is -2.22. The van der Waals surface area contributed by atoms with Gasteiger partial charge in [0.1, 0.15) is 0 Å². The number of thiazole rings is 1. The van der Waals surface area contributed by atoms with E-state index in [-0.39, 0.29) is 18.7 Å². The molecule has 1 unspecified atom stereocenters. The molecule has 31 heavy (non-hydrogen) atoms. The third-order valence-electron chi connectivity index (χ3n) is 5.30. The number of likely N-dealkylation sites (tertiary alicyclic amines) is 1. The number of urea groups is 1. The summed E-state index contributed by atoms with van der Waals surface area (Å²) in [5.41, 5.74) is 4.83. The summed E-state index contributed by atoms with van der Waals surface area (Å²) in [7, 11) is 0. The standard InChI is InChI=1S/C23H23N5O2S/c1-14-9-18(10-15(2)25-14)21-20(17-6-3-5-16(11-17)12-24)26-22(31-21)27-23(30)28-8-4-7-19(28)13-29/h3,5-6,9-11,19,29H,4,7-8,13H2,1-2H3,(H,26,27,30). The summed E-state index contributed by atoms with van der Waals surface area (Å²) in [4.78, 5) is 24.5. The zero-order valence-electron chi connectivity index (χ0n) is 17.4. The Bertz CT molecular complexity index is 1150. The van der Waals surface area contributed by atoms with Crippen LogP contribution in [0.25, 0.3) is 21.7 Å². The van der Waals surface area contributed by atoms with Crippen LogP contribution in [0.1, 0.15) is 29.8 Å². The van der Waals surface area contributed by atoms with Gasteiger partial charge in [0.25, 0.3) is 0 Å². The number of nitriles is 1. The topological polar surface area (TPSA) is 102 Å². The highest BCUT2D eigenvalue weighted by molar-refractivity contribution is 7.19. The van der Waals surface area contributed by atoms with Crippen molar-refractivity contribution in [2.75, 3.05) is 18.5 Å². The minimum absolute atomic E-state index is 0.0433. The third kappa shape index (κ3) is 4.43. The van der Waals surface area contributed by atoms with Crippen molar-refractivity contribution in [2.24, 2.45) is 0 Å². The summed E-state index contributed by atoms with van der Waals surface area (Å²) in [5.74, 6) is 0. The van der Waals surface area contributed by atoms with Crippen LogP contribution in [0.5, 0.6) is 0 Å². The molecule has 1 aliphatic heterocycles. The van der Waals surface area contributed by atoms with Gasteiger partial charge in [0.15, 0.2) is 5.13 Å². The number of hydrogen-bond donors (Lipinski definition) is 2. The summed E-state index contributed by atoms with van der Waals surface area (Å²) < 4.78 is 0. The number of nitrogens with zero attached hydrogens (tertiary/aromatic N) is 4. The van der Waals surface area contributed by atoms with E-state index in [4.69, 9.17) is 4.98 Å². The van der Waals surface area contributed by atoms with Crippen LogP contribution in [-0.4, -0.2) is 45.2 Å². The Morgan fingerprint density at radius 1 is 1.26 bits per heavy atom. The molecule has 0 saturated carbocycles. The van der Waals surface area contributed by atoms with E-state index in [1.165, 1.54) is 11.3 Å². The number of hydrogen-bond acceptors (Lipinski definition) is 6.